The van der Waals surface area contributed by atoms with Gasteiger partial charge in [0.2, 0.25) is 17.7 Å². The molecule has 1 aromatic carbocycles. The zero-order valence-electron chi connectivity index (χ0n) is 15.3. The third-order valence-corrected chi connectivity index (χ3v) is 5.40. The van der Waals surface area contributed by atoms with Gasteiger partial charge in [-0.2, -0.15) is 0 Å². The molecule has 0 saturated heterocycles. The number of hydrogen-bond acceptors (Lipinski definition) is 4. The Morgan fingerprint density at radius 2 is 2.04 bits per heavy atom. The molecule has 27 heavy (non-hydrogen) atoms. The van der Waals surface area contributed by atoms with Crippen LogP contribution >= 0.6 is 0 Å². The van der Waals surface area contributed by atoms with Crippen LogP contribution in [0.3, 0.4) is 0 Å². The molecule has 4 rings (SSSR count). The molecule has 2 amide bonds. The maximum atomic E-state index is 12.4. The Bertz CT molecular complexity index is 875. The minimum Gasteiger partial charge on any atom is -0.481 e. The molecule has 1 aliphatic heterocycles. The number of pyridine rings is 1. The lowest BCUT2D eigenvalue weighted by atomic mass is 9.87. The van der Waals surface area contributed by atoms with E-state index in [0.717, 1.165) is 42.6 Å². The van der Waals surface area contributed by atoms with Gasteiger partial charge in [-0.25, -0.2) is 4.98 Å². The minimum atomic E-state index is -0.136. The number of ether oxygens (including phenoxy) is 1. The molecule has 0 bridgehead atoms. The highest BCUT2D eigenvalue weighted by atomic mass is 16.5. The summed E-state index contributed by atoms with van der Waals surface area (Å²) in [6.07, 6.45) is 4.48. The number of carbonyl (C=O) groups excluding carboxylic acids is 2. The Hall–Kier alpha value is -2.89. The molecule has 6 nitrogen and oxygen atoms in total. The van der Waals surface area contributed by atoms with Crippen molar-refractivity contribution in [3.63, 3.8) is 0 Å². The summed E-state index contributed by atoms with van der Waals surface area (Å²) in [5.41, 5.74) is 3.23. The second kappa shape index (κ2) is 7.39. The fraction of sp³-hybridized carbons (Fsp3) is 0.381. The van der Waals surface area contributed by atoms with E-state index >= 15 is 0 Å². The lowest BCUT2D eigenvalue weighted by Gasteiger charge is -2.26. The molecule has 2 aromatic rings. The van der Waals surface area contributed by atoms with E-state index in [0.29, 0.717) is 18.0 Å². The van der Waals surface area contributed by atoms with Gasteiger partial charge in [0.1, 0.15) is 0 Å². The summed E-state index contributed by atoms with van der Waals surface area (Å²) in [5.74, 6) is 0.505. The number of anilines is 2. The number of rotatable bonds is 4. The Kier molecular flexibility index (Phi) is 4.79. The van der Waals surface area contributed by atoms with Gasteiger partial charge in [-0.15, -0.1) is 0 Å². The number of nitrogens with zero attached hydrogens (tertiary/aromatic N) is 1. The van der Waals surface area contributed by atoms with Crippen molar-refractivity contribution in [1.29, 1.82) is 0 Å². The molecule has 0 spiro atoms. The highest BCUT2D eigenvalue weighted by molar-refractivity contribution is 5.98. The smallest absolute Gasteiger partial charge is 0.227 e. The molecule has 1 saturated carbocycles. The summed E-state index contributed by atoms with van der Waals surface area (Å²) in [5, 5.41) is 5.92. The van der Waals surface area contributed by atoms with Gasteiger partial charge in [0, 0.05) is 35.7 Å². The first-order chi connectivity index (χ1) is 13.1. The summed E-state index contributed by atoms with van der Waals surface area (Å²) < 4.78 is 5.21. The van der Waals surface area contributed by atoms with E-state index < -0.39 is 0 Å². The fourth-order valence-electron chi connectivity index (χ4n) is 3.98. The summed E-state index contributed by atoms with van der Waals surface area (Å²) in [6, 6.07) is 11.3. The van der Waals surface area contributed by atoms with Crippen molar-refractivity contribution >= 4 is 23.2 Å². The number of hydrogen-bond donors (Lipinski definition) is 2. The van der Waals surface area contributed by atoms with Gasteiger partial charge in [0.05, 0.1) is 12.8 Å². The lowest BCUT2D eigenvalue weighted by Crippen LogP contribution is -2.25. The topological polar surface area (TPSA) is 80.3 Å². The molecule has 0 radical (unpaired) electrons. The molecule has 2 heterocycles. The molecule has 1 unspecified atom stereocenters. The monoisotopic (exact) mass is 365 g/mol. The Morgan fingerprint density at radius 3 is 2.81 bits per heavy atom. The zero-order chi connectivity index (χ0) is 18.8. The van der Waals surface area contributed by atoms with Gasteiger partial charge < -0.3 is 15.4 Å². The fourth-order valence-corrected chi connectivity index (χ4v) is 3.98. The van der Waals surface area contributed by atoms with E-state index in [9.17, 15) is 9.59 Å². The number of nitrogens with one attached hydrogen (secondary N) is 2. The number of methoxy groups -OCH3 is 1. The number of benzene rings is 1. The third kappa shape index (κ3) is 3.65. The summed E-state index contributed by atoms with van der Waals surface area (Å²) in [4.78, 5) is 29.1. The normalized spacial score (nSPS) is 19.3. The summed E-state index contributed by atoms with van der Waals surface area (Å²) in [6.45, 7) is 0. The quantitative estimate of drug-likeness (QED) is 0.866. The second-order valence-electron chi connectivity index (χ2n) is 7.18. The minimum absolute atomic E-state index is 0.0589. The first-order valence-electron chi connectivity index (χ1n) is 9.39. The van der Waals surface area contributed by atoms with Crippen LogP contribution in [0, 0.1) is 5.92 Å². The van der Waals surface area contributed by atoms with Crippen molar-refractivity contribution in [1.82, 2.24) is 4.98 Å². The van der Waals surface area contributed by atoms with Crippen molar-refractivity contribution in [3.8, 4) is 5.88 Å². The molecule has 1 aliphatic carbocycles. The van der Waals surface area contributed by atoms with Gasteiger partial charge in [-0.3, -0.25) is 9.59 Å². The van der Waals surface area contributed by atoms with Crippen LogP contribution in [0.5, 0.6) is 5.88 Å². The first kappa shape index (κ1) is 17.5. The first-order valence-corrected chi connectivity index (χ1v) is 9.39. The molecule has 1 atom stereocenters. The maximum Gasteiger partial charge on any atom is 0.227 e. The number of amides is 2. The Balaban J connectivity index is 1.60. The van der Waals surface area contributed by atoms with E-state index in [1.54, 1.807) is 13.2 Å². The summed E-state index contributed by atoms with van der Waals surface area (Å²) >= 11 is 0. The molecule has 2 aliphatic rings. The zero-order valence-corrected chi connectivity index (χ0v) is 15.3. The van der Waals surface area contributed by atoms with E-state index in [1.165, 1.54) is 0 Å². The van der Waals surface area contributed by atoms with Crippen molar-refractivity contribution < 1.29 is 14.3 Å². The molecule has 1 fully saturated rings. The van der Waals surface area contributed by atoms with E-state index in [2.05, 4.69) is 15.6 Å². The second-order valence-corrected chi connectivity index (χ2v) is 7.18. The average molecular weight is 365 g/mol. The Morgan fingerprint density at radius 1 is 1.22 bits per heavy atom. The third-order valence-electron chi connectivity index (χ3n) is 5.40. The number of fused-ring (bicyclic) bond motifs is 1. The van der Waals surface area contributed by atoms with Crippen LogP contribution in [-0.4, -0.2) is 23.9 Å². The van der Waals surface area contributed by atoms with Crippen LogP contribution < -0.4 is 15.4 Å². The van der Waals surface area contributed by atoms with Gasteiger partial charge in [-0.05, 0) is 36.6 Å². The van der Waals surface area contributed by atoms with Crippen LogP contribution in [-0.2, 0) is 9.59 Å². The molecule has 1 aromatic heterocycles. The Labute approximate surface area is 158 Å². The van der Waals surface area contributed by atoms with Gasteiger partial charge in [0.25, 0.3) is 0 Å². The van der Waals surface area contributed by atoms with Crippen LogP contribution in [0.1, 0.15) is 49.3 Å². The number of carbonyl (C=O) groups is 2. The lowest BCUT2D eigenvalue weighted by molar-refractivity contribution is -0.119. The molecular formula is C21H23N3O3. The van der Waals surface area contributed by atoms with Crippen LogP contribution in [0.2, 0.25) is 0 Å². The predicted molar refractivity (Wildman–Crippen MR) is 103 cm³/mol. The number of aromatic nitrogens is 1. The summed E-state index contributed by atoms with van der Waals surface area (Å²) in [7, 11) is 1.58. The van der Waals surface area contributed by atoms with E-state index in [1.807, 2.05) is 30.3 Å². The standard InChI is InChI=1S/C21H23N3O3/c1-27-20-8-4-7-17(24-20)16-12-19(25)23-18-11-14(9-10-15(16)18)22-21(26)13-5-2-3-6-13/h4,7-11,13,16H,2-3,5-6,12H2,1H3,(H,22,26)(H,23,25). The van der Waals surface area contributed by atoms with Crippen molar-refractivity contribution in [2.75, 3.05) is 17.7 Å². The predicted octanol–water partition coefficient (Wildman–Crippen LogP) is 3.69. The van der Waals surface area contributed by atoms with Gasteiger partial charge in [-0.1, -0.05) is 25.0 Å². The van der Waals surface area contributed by atoms with Gasteiger partial charge >= 0.3 is 0 Å². The molecule has 6 heteroatoms. The largest absolute Gasteiger partial charge is 0.481 e. The van der Waals surface area contributed by atoms with Crippen molar-refractivity contribution in [3.05, 3.63) is 47.7 Å². The van der Waals surface area contributed by atoms with Crippen LogP contribution in [0.15, 0.2) is 36.4 Å². The maximum absolute atomic E-state index is 12.4. The van der Waals surface area contributed by atoms with E-state index in [-0.39, 0.29) is 23.7 Å². The van der Waals surface area contributed by atoms with E-state index in [4.69, 9.17) is 4.74 Å². The molecule has 2 N–H and O–H groups in total. The molecular weight excluding hydrogens is 342 g/mol. The van der Waals surface area contributed by atoms with Gasteiger partial charge in [0.15, 0.2) is 0 Å². The van der Waals surface area contributed by atoms with Crippen molar-refractivity contribution in [2.45, 2.75) is 38.0 Å². The highest BCUT2D eigenvalue weighted by Gasteiger charge is 2.28. The van der Waals surface area contributed by atoms with Crippen LogP contribution in [0.25, 0.3) is 0 Å². The van der Waals surface area contributed by atoms with Crippen molar-refractivity contribution in [2.24, 2.45) is 5.92 Å². The SMILES string of the molecule is COc1cccc(C2CC(=O)Nc3cc(NC(=O)C4CCCC4)ccc32)n1. The van der Waals surface area contributed by atoms with Crippen LogP contribution in [0.4, 0.5) is 11.4 Å². The average Bonchev–Trinajstić information content (AvgIpc) is 3.22. The highest BCUT2D eigenvalue weighted by Crippen LogP contribution is 2.38. The molecule has 140 valence electrons.